The average Bonchev–Trinajstić information content (AvgIpc) is 3.03. The molecule has 26 heavy (non-hydrogen) atoms. The zero-order valence-electron chi connectivity index (χ0n) is 15.4. The molecule has 0 radical (unpaired) electrons. The summed E-state index contributed by atoms with van der Waals surface area (Å²) in [5, 5.41) is 3.54. The van der Waals surface area contributed by atoms with E-state index >= 15 is 0 Å². The Kier molecular flexibility index (Phi) is 4.32. The summed E-state index contributed by atoms with van der Waals surface area (Å²) in [4.78, 5) is 25.2. The van der Waals surface area contributed by atoms with E-state index in [2.05, 4.69) is 41.2 Å². The number of hydrogen-bond acceptors (Lipinski definition) is 7. The van der Waals surface area contributed by atoms with Gasteiger partial charge in [-0.15, -0.1) is 0 Å². The van der Waals surface area contributed by atoms with Crippen LogP contribution in [-0.2, 0) is 0 Å². The van der Waals surface area contributed by atoms with Crippen LogP contribution < -0.4 is 15.1 Å². The number of H-pyrrole nitrogens is 1. The topological polar surface area (TPSA) is 85.9 Å². The van der Waals surface area contributed by atoms with E-state index in [0.717, 1.165) is 60.1 Å². The number of aromatic amines is 1. The van der Waals surface area contributed by atoms with Crippen LogP contribution in [0.15, 0.2) is 24.8 Å². The molecule has 8 heteroatoms. The molecule has 4 rings (SSSR count). The molecule has 136 valence electrons. The number of piperidine rings is 1. The number of nitrogens with zero attached hydrogens (tertiary/aromatic N) is 6. The maximum atomic E-state index is 4.52. The van der Waals surface area contributed by atoms with Crippen molar-refractivity contribution in [2.75, 3.05) is 42.3 Å². The van der Waals surface area contributed by atoms with Crippen molar-refractivity contribution in [1.29, 1.82) is 0 Å². The molecular formula is C18H24N8. The molecule has 4 heterocycles. The van der Waals surface area contributed by atoms with Crippen molar-refractivity contribution >= 4 is 28.5 Å². The van der Waals surface area contributed by atoms with Crippen LogP contribution in [0.25, 0.3) is 11.0 Å². The first-order valence-corrected chi connectivity index (χ1v) is 8.91. The Morgan fingerprint density at radius 3 is 2.62 bits per heavy atom. The predicted molar refractivity (Wildman–Crippen MR) is 104 cm³/mol. The third-order valence-electron chi connectivity index (χ3n) is 4.79. The van der Waals surface area contributed by atoms with Crippen molar-refractivity contribution < 1.29 is 0 Å². The fourth-order valence-corrected chi connectivity index (χ4v) is 3.41. The molecule has 0 aromatic carbocycles. The summed E-state index contributed by atoms with van der Waals surface area (Å²) in [7, 11) is 3.96. The molecule has 0 amide bonds. The Morgan fingerprint density at radius 1 is 1.08 bits per heavy atom. The second-order valence-corrected chi connectivity index (χ2v) is 6.97. The highest BCUT2D eigenvalue weighted by molar-refractivity contribution is 5.86. The summed E-state index contributed by atoms with van der Waals surface area (Å²) in [6, 6.07) is 4.45. The Hall–Kier alpha value is -2.90. The second-order valence-electron chi connectivity index (χ2n) is 6.97. The van der Waals surface area contributed by atoms with E-state index in [1.54, 1.807) is 12.7 Å². The first kappa shape index (κ1) is 16.6. The molecule has 0 aliphatic carbocycles. The van der Waals surface area contributed by atoms with Gasteiger partial charge in [-0.05, 0) is 25.8 Å². The summed E-state index contributed by atoms with van der Waals surface area (Å²) in [6.07, 6.45) is 5.33. The van der Waals surface area contributed by atoms with Gasteiger partial charge >= 0.3 is 0 Å². The van der Waals surface area contributed by atoms with E-state index in [1.165, 1.54) is 0 Å². The number of hydrogen-bond donors (Lipinski definition) is 2. The summed E-state index contributed by atoms with van der Waals surface area (Å²) in [6.45, 7) is 3.95. The molecule has 3 aromatic heterocycles. The summed E-state index contributed by atoms with van der Waals surface area (Å²) in [5.41, 5.74) is 3.12. The first-order valence-electron chi connectivity index (χ1n) is 8.91. The van der Waals surface area contributed by atoms with Crippen molar-refractivity contribution in [3.8, 4) is 0 Å². The molecular weight excluding hydrogens is 328 g/mol. The van der Waals surface area contributed by atoms with Crippen molar-refractivity contribution in [2.45, 2.75) is 25.8 Å². The molecule has 1 saturated heterocycles. The summed E-state index contributed by atoms with van der Waals surface area (Å²) >= 11 is 0. The molecule has 0 atom stereocenters. The number of nitrogens with one attached hydrogen (secondary N) is 2. The average molecular weight is 352 g/mol. The minimum absolute atomic E-state index is 0.402. The smallest absolute Gasteiger partial charge is 0.156 e. The number of aryl methyl sites for hydroxylation is 1. The van der Waals surface area contributed by atoms with E-state index in [-0.39, 0.29) is 0 Å². The Balaban J connectivity index is 1.43. The second kappa shape index (κ2) is 6.78. The normalized spacial score (nSPS) is 15.4. The molecule has 0 bridgehead atoms. The predicted octanol–water partition coefficient (Wildman–Crippen LogP) is 2.20. The third-order valence-corrected chi connectivity index (χ3v) is 4.79. The lowest BCUT2D eigenvalue weighted by atomic mass is 10.0. The van der Waals surface area contributed by atoms with Gasteiger partial charge in [-0.1, -0.05) is 0 Å². The number of rotatable bonds is 4. The van der Waals surface area contributed by atoms with Crippen LogP contribution in [0.3, 0.4) is 0 Å². The van der Waals surface area contributed by atoms with Gasteiger partial charge in [0, 0.05) is 45.0 Å². The first-order chi connectivity index (χ1) is 12.6. The lowest BCUT2D eigenvalue weighted by molar-refractivity contribution is 0.523. The zero-order chi connectivity index (χ0) is 18.1. The highest BCUT2D eigenvalue weighted by Crippen LogP contribution is 2.26. The van der Waals surface area contributed by atoms with Crippen LogP contribution in [0.5, 0.6) is 0 Å². The van der Waals surface area contributed by atoms with Crippen LogP contribution in [0.2, 0.25) is 0 Å². The van der Waals surface area contributed by atoms with Gasteiger partial charge < -0.3 is 20.1 Å². The van der Waals surface area contributed by atoms with Gasteiger partial charge in [-0.2, -0.15) is 0 Å². The highest BCUT2D eigenvalue weighted by atomic mass is 15.2. The number of aromatic nitrogens is 5. The fraction of sp³-hybridized carbons (Fsp3) is 0.444. The molecule has 0 unspecified atom stereocenters. The van der Waals surface area contributed by atoms with Crippen molar-refractivity contribution in [3.05, 3.63) is 30.5 Å². The SMILES string of the molecule is Cc1cc2ncnc(N3CCC(Nc4cc(N(C)C)ncn4)CC3)c2[nH]1. The zero-order valence-corrected chi connectivity index (χ0v) is 15.4. The van der Waals surface area contributed by atoms with Gasteiger partial charge in [-0.3, -0.25) is 0 Å². The van der Waals surface area contributed by atoms with E-state index < -0.39 is 0 Å². The molecule has 0 spiro atoms. The van der Waals surface area contributed by atoms with E-state index in [0.29, 0.717) is 6.04 Å². The lowest BCUT2D eigenvalue weighted by Gasteiger charge is -2.33. The molecule has 2 N–H and O–H groups in total. The van der Waals surface area contributed by atoms with Crippen LogP contribution >= 0.6 is 0 Å². The van der Waals surface area contributed by atoms with Gasteiger partial charge in [0.25, 0.3) is 0 Å². The van der Waals surface area contributed by atoms with Crippen LogP contribution in [0, 0.1) is 6.92 Å². The minimum Gasteiger partial charge on any atom is -0.367 e. The van der Waals surface area contributed by atoms with Crippen molar-refractivity contribution in [1.82, 2.24) is 24.9 Å². The van der Waals surface area contributed by atoms with Crippen LogP contribution in [0.1, 0.15) is 18.5 Å². The van der Waals surface area contributed by atoms with Crippen molar-refractivity contribution in [2.24, 2.45) is 0 Å². The van der Waals surface area contributed by atoms with E-state index in [1.807, 2.05) is 32.0 Å². The molecule has 1 aliphatic heterocycles. The maximum Gasteiger partial charge on any atom is 0.156 e. The van der Waals surface area contributed by atoms with Crippen LogP contribution in [-0.4, -0.2) is 58.1 Å². The summed E-state index contributed by atoms with van der Waals surface area (Å²) in [5.74, 6) is 2.79. The number of fused-ring (bicyclic) bond motifs is 1. The van der Waals surface area contributed by atoms with Gasteiger partial charge in [0.05, 0.1) is 5.52 Å². The Bertz CT molecular complexity index is 895. The van der Waals surface area contributed by atoms with E-state index in [4.69, 9.17) is 0 Å². The molecule has 8 nitrogen and oxygen atoms in total. The van der Waals surface area contributed by atoms with E-state index in [9.17, 15) is 0 Å². The van der Waals surface area contributed by atoms with Crippen molar-refractivity contribution in [3.63, 3.8) is 0 Å². The summed E-state index contributed by atoms with van der Waals surface area (Å²) < 4.78 is 0. The lowest BCUT2D eigenvalue weighted by Crippen LogP contribution is -2.39. The number of anilines is 3. The standard InChI is InChI=1S/C18H24N8/c1-12-8-14-17(23-12)18(22-10-19-14)26-6-4-13(5-7-26)24-15-9-16(25(2)3)21-11-20-15/h8-11,13,23H,4-7H2,1-3H3,(H,20,21,24). The molecule has 3 aromatic rings. The maximum absolute atomic E-state index is 4.52. The molecule has 1 aliphatic rings. The van der Waals surface area contributed by atoms with Gasteiger partial charge in [-0.25, -0.2) is 19.9 Å². The minimum atomic E-state index is 0.402. The monoisotopic (exact) mass is 352 g/mol. The largest absolute Gasteiger partial charge is 0.367 e. The van der Waals surface area contributed by atoms with Crippen LogP contribution in [0.4, 0.5) is 17.5 Å². The van der Waals surface area contributed by atoms with Gasteiger partial charge in [0.1, 0.15) is 29.8 Å². The Labute approximate surface area is 152 Å². The molecule has 1 fully saturated rings. The fourth-order valence-electron chi connectivity index (χ4n) is 3.41. The third kappa shape index (κ3) is 3.26. The quantitative estimate of drug-likeness (QED) is 0.744. The highest BCUT2D eigenvalue weighted by Gasteiger charge is 2.22. The van der Waals surface area contributed by atoms with Gasteiger partial charge in [0.2, 0.25) is 0 Å². The molecule has 0 saturated carbocycles. The van der Waals surface area contributed by atoms with Gasteiger partial charge in [0.15, 0.2) is 5.82 Å². The Morgan fingerprint density at radius 2 is 1.85 bits per heavy atom.